The van der Waals surface area contributed by atoms with Crippen LogP contribution in [0.25, 0.3) is 0 Å². The third-order valence-corrected chi connectivity index (χ3v) is 4.26. The number of nitrogens with one attached hydrogen (secondary N) is 1. The fraction of sp³-hybridized carbons (Fsp3) is 0.118. The van der Waals surface area contributed by atoms with Crippen molar-refractivity contribution in [1.82, 2.24) is 10.2 Å². The van der Waals surface area contributed by atoms with Gasteiger partial charge in [-0.25, -0.2) is 4.39 Å². The Morgan fingerprint density at radius 2 is 1.96 bits per heavy atom. The molecule has 0 radical (unpaired) electrons. The molecular formula is C17H13ClFN3O3S. The van der Waals surface area contributed by atoms with Crippen molar-refractivity contribution in [2.45, 2.75) is 11.8 Å². The van der Waals surface area contributed by atoms with Gasteiger partial charge in [0.2, 0.25) is 5.91 Å². The Morgan fingerprint density at radius 1 is 1.19 bits per heavy atom. The number of anilines is 1. The van der Waals surface area contributed by atoms with Crippen LogP contribution in [0.2, 0.25) is 5.02 Å². The van der Waals surface area contributed by atoms with Gasteiger partial charge in [-0.1, -0.05) is 47.6 Å². The van der Waals surface area contributed by atoms with Crippen LogP contribution in [-0.4, -0.2) is 21.9 Å². The lowest BCUT2D eigenvalue weighted by atomic mass is 10.3. The van der Waals surface area contributed by atoms with Gasteiger partial charge >= 0.3 is 0 Å². The van der Waals surface area contributed by atoms with Crippen molar-refractivity contribution >= 4 is 35.0 Å². The smallest absolute Gasteiger partial charge is 0.277 e. The molecule has 0 aliphatic carbocycles. The largest absolute Gasteiger partial charge is 0.481 e. The molecule has 0 atom stereocenters. The van der Waals surface area contributed by atoms with E-state index in [0.29, 0.717) is 10.7 Å². The van der Waals surface area contributed by atoms with Crippen molar-refractivity contribution in [3.05, 3.63) is 65.3 Å². The van der Waals surface area contributed by atoms with Crippen molar-refractivity contribution in [3.63, 3.8) is 0 Å². The molecule has 0 bridgehead atoms. The van der Waals surface area contributed by atoms with Crippen molar-refractivity contribution in [2.75, 3.05) is 11.1 Å². The summed E-state index contributed by atoms with van der Waals surface area (Å²) in [4.78, 5) is 11.9. The van der Waals surface area contributed by atoms with E-state index in [1.807, 2.05) is 0 Å². The maximum atomic E-state index is 13.5. The van der Waals surface area contributed by atoms with Crippen LogP contribution in [0.15, 0.2) is 58.2 Å². The second-order valence-electron chi connectivity index (χ2n) is 5.00. The monoisotopic (exact) mass is 393 g/mol. The number of amides is 1. The first-order chi connectivity index (χ1) is 12.6. The van der Waals surface area contributed by atoms with Gasteiger partial charge in [0.1, 0.15) is 0 Å². The first kappa shape index (κ1) is 18.2. The summed E-state index contributed by atoms with van der Waals surface area (Å²) in [6.45, 7) is -0.0691. The summed E-state index contributed by atoms with van der Waals surface area (Å²) in [6.07, 6.45) is 0. The van der Waals surface area contributed by atoms with Gasteiger partial charge in [0, 0.05) is 0 Å². The van der Waals surface area contributed by atoms with E-state index in [1.165, 1.54) is 12.1 Å². The first-order valence-electron chi connectivity index (χ1n) is 7.48. The summed E-state index contributed by atoms with van der Waals surface area (Å²) in [6, 6.07) is 13.0. The van der Waals surface area contributed by atoms with Gasteiger partial charge in [0.05, 0.1) is 16.5 Å². The van der Waals surface area contributed by atoms with E-state index in [4.69, 9.17) is 20.8 Å². The minimum Gasteiger partial charge on any atom is -0.481 e. The predicted octanol–water partition coefficient (Wildman–Crippen LogP) is 4.17. The van der Waals surface area contributed by atoms with Crippen molar-refractivity contribution in [1.29, 1.82) is 0 Å². The molecule has 134 valence electrons. The van der Waals surface area contributed by atoms with Crippen LogP contribution in [-0.2, 0) is 11.4 Å². The molecule has 1 aromatic heterocycles. The fourth-order valence-corrected chi connectivity index (χ4v) is 2.70. The molecule has 0 aliphatic heterocycles. The van der Waals surface area contributed by atoms with Crippen molar-refractivity contribution in [3.8, 4) is 5.75 Å². The van der Waals surface area contributed by atoms with E-state index >= 15 is 0 Å². The van der Waals surface area contributed by atoms with Gasteiger partial charge in [-0.15, -0.1) is 10.2 Å². The van der Waals surface area contributed by atoms with Crippen LogP contribution in [0.1, 0.15) is 5.89 Å². The number of halogens is 2. The number of thioether (sulfide) groups is 1. The van der Waals surface area contributed by atoms with E-state index in [1.54, 1.807) is 36.4 Å². The lowest BCUT2D eigenvalue weighted by Gasteiger charge is -2.05. The molecule has 1 N–H and O–H groups in total. The van der Waals surface area contributed by atoms with Crippen LogP contribution < -0.4 is 10.1 Å². The first-order valence-corrected chi connectivity index (χ1v) is 8.85. The summed E-state index contributed by atoms with van der Waals surface area (Å²) >= 11 is 7.06. The highest BCUT2D eigenvalue weighted by Crippen LogP contribution is 2.22. The molecule has 2 aromatic carbocycles. The Kier molecular flexibility index (Phi) is 6.08. The van der Waals surface area contributed by atoms with E-state index < -0.39 is 5.82 Å². The summed E-state index contributed by atoms with van der Waals surface area (Å²) in [5.74, 6) is -0.384. The number of rotatable bonds is 7. The van der Waals surface area contributed by atoms with Crippen LogP contribution in [0, 0.1) is 5.82 Å². The molecule has 0 saturated heterocycles. The number of benzene rings is 2. The Morgan fingerprint density at radius 3 is 2.77 bits per heavy atom. The molecule has 1 amide bonds. The number of para-hydroxylation sites is 2. The summed E-state index contributed by atoms with van der Waals surface area (Å²) < 4.78 is 24.1. The number of carbonyl (C=O) groups is 1. The molecule has 0 spiro atoms. The standard InChI is InChI=1S/C17H13ClFN3O3S/c18-11-5-1-3-7-13(11)20-15(23)10-26-17-22-21-16(25-17)9-24-14-8-4-2-6-12(14)19/h1-8H,9-10H2,(H,20,23). The third-order valence-electron chi connectivity index (χ3n) is 3.11. The maximum absolute atomic E-state index is 13.5. The molecule has 0 saturated carbocycles. The molecule has 3 rings (SSSR count). The lowest BCUT2D eigenvalue weighted by Crippen LogP contribution is -2.14. The zero-order valence-corrected chi connectivity index (χ0v) is 14.9. The molecule has 3 aromatic rings. The fourth-order valence-electron chi connectivity index (χ4n) is 1.93. The maximum Gasteiger partial charge on any atom is 0.277 e. The number of nitrogens with zero attached hydrogens (tertiary/aromatic N) is 2. The van der Waals surface area contributed by atoms with Crippen LogP contribution in [0.3, 0.4) is 0 Å². The number of hydrogen-bond acceptors (Lipinski definition) is 6. The molecular weight excluding hydrogens is 381 g/mol. The molecule has 0 unspecified atom stereocenters. The van der Waals surface area contributed by atoms with Gasteiger partial charge in [0.25, 0.3) is 11.1 Å². The average molecular weight is 394 g/mol. The van der Waals surface area contributed by atoms with Crippen molar-refractivity contribution < 1.29 is 18.3 Å². The second-order valence-corrected chi connectivity index (χ2v) is 6.33. The number of hydrogen-bond donors (Lipinski definition) is 1. The van der Waals surface area contributed by atoms with Crippen molar-refractivity contribution in [2.24, 2.45) is 0 Å². The highest BCUT2D eigenvalue weighted by Gasteiger charge is 2.12. The number of aromatic nitrogens is 2. The number of ether oxygens (including phenoxy) is 1. The van der Waals surface area contributed by atoms with Gasteiger partial charge < -0.3 is 14.5 Å². The van der Waals surface area contributed by atoms with E-state index in [-0.39, 0.29) is 35.1 Å². The van der Waals surface area contributed by atoms with Gasteiger partial charge in [0.15, 0.2) is 18.2 Å². The zero-order chi connectivity index (χ0) is 18.4. The summed E-state index contributed by atoms with van der Waals surface area (Å²) in [5.41, 5.74) is 0.532. The average Bonchev–Trinajstić information content (AvgIpc) is 3.09. The third kappa shape index (κ3) is 4.96. The Labute approximate surface area is 157 Å². The van der Waals surface area contributed by atoms with E-state index in [9.17, 15) is 9.18 Å². The molecule has 0 fully saturated rings. The van der Waals surface area contributed by atoms with Gasteiger partial charge in [-0.3, -0.25) is 4.79 Å². The van der Waals surface area contributed by atoms with E-state index in [2.05, 4.69) is 15.5 Å². The van der Waals surface area contributed by atoms with Crippen LogP contribution in [0.5, 0.6) is 5.75 Å². The quantitative estimate of drug-likeness (QED) is 0.607. The summed E-state index contributed by atoms with van der Waals surface area (Å²) in [5, 5.41) is 11.0. The predicted molar refractivity (Wildman–Crippen MR) is 95.8 cm³/mol. The Hall–Kier alpha value is -2.58. The van der Waals surface area contributed by atoms with Gasteiger partial charge in [-0.05, 0) is 24.3 Å². The number of carbonyl (C=O) groups excluding carboxylic acids is 1. The molecule has 6 nitrogen and oxygen atoms in total. The van der Waals surface area contributed by atoms with Crippen LogP contribution >= 0.6 is 23.4 Å². The molecule has 26 heavy (non-hydrogen) atoms. The SMILES string of the molecule is O=C(CSc1nnc(COc2ccccc2F)o1)Nc1ccccc1Cl. The minimum absolute atomic E-state index is 0.0691. The normalized spacial score (nSPS) is 10.5. The highest BCUT2D eigenvalue weighted by atomic mass is 35.5. The molecule has 0 aliphatic rings. The summed E-state index contributed by atoms with van der Waals surface area (Å²) in [7, 11) is 0. The highest BCUT2D eigenvalue weighted by molar-refractivity contribution is 7.99. The topological polar surface area (TPSA) is 77.2 Å². The van der Waals surface area contributed by atoms with Crippen LogP contribution in [0.4, 0.5) is 10.1 Å². The van der Waals surface area contributed by atoms with E-state index in [0.717, 1.165) is 11.8 Å². The minimum atomic E-state index is -0.474. The zero-order valence-electron chi connectivity index (χ0n) is 13.3. The lowest BCUT2D eigenvalue weighted by molar-refractivity contribution is -0.113. The Bertz CT molecular complexity index is 906. The molecule has 9 heteroatoms. The second kappa shape index (κ2) is 8.68. The molecule has 1 heterocycles. The Balaban J connectivity index is 1.48. The van der Waals surface area contributed by atoms with Gasteiger partial charge in [-0.2, -0.15) is 0 Å².